The van der Waals surface area contributed by atoms with E-state index in [0.29, 0.717) is 29.5 Å². The maximum absolute atomic E-state index is 12.2. The molecular formula is C21H22O7. The van der Waals surface area contributed by atoms with E-state index in [1.54, 1.807) is 12.1 Å². The van der Waals surface area contributed by atoms with Gasteiger partial charge in [-0.15, -0.1) is 0 Å². The monoisotopic (exact) mass is 386 g/mol. The zero-order valence-electron chi connectivity index (χ0n) is 16.0. The Hall–Kier alpha value is -3.09. The second-order valence-electron chi connectivity index (χ2n) is 7.33. The fraction of sp³-hybridized carbons (Fsp3) is 0.381. The number of rotatable bonds is 5. The lowest BCUT2D eigenvalue weighted by Gasteiger charge is -2.34. The Balaban J connectivity index is 2.17. The van der Waals surface area contributed by atoms with E-state index in [1.165, 1.54) is 6.92 Å². The summed E-state index contributed by atoms with van der Waals surface area (Å²) in [5.74, 6) is -1.48. The summed E-state index contributed by atoms with van der Waals surface area (Å²) in [6.45, 7) is 5.23. The van der Waals surface area contributed by atoms with Crippen LogP contribution in [0.5, 0.6) is 17.2 Å². The second-order valence-corrected chi connectivity index (χ2v) is 7.33. The number of carbonyl (C=O) groups excluding carboxylic acids is 2. The van der Waals surface area contributed by atoms with Gasteiger partial charge in [-0.05, 0) is 26.7 Å². The predicted octanol–water partition coefficient (Wildman–Crippen LogP) is 3.64. The molecule has 148 valence electrons. The number of benzene rings is 2. The fourth-order valence-corrected chi connectivity index (χ4v) is 3.23. The molecule has 7 heteroatoms. The Labute approximate surface area is 162 Å². The Morgan fingerprint density at radius 3 is 2.39 bits per heavy atom. The molecule has 0 aliphatic carbocycles. The minimum Gasteiger partial charge on any atom is -0.487 e. The number of aliphatic carboxylic acids is 1. The summed E-state index contributed by atoms with van der Waals surface area (Å²) in [5.41, 5.74) is 0.275. The lowest BCUT2D eigenvalue weighted by molar-refractivity contribution is -0.142. The van der Waals surface area contributed by atoms with E-state index >= 15 is 0 Å². The van der Waals surface area contributed by atoms with Gasteiger partial charge in [-0.1, -0.05) is 24.3 Å². The normalized spacial score (nSPS) is 14.7. The van der Waals surface area contributed by atoms with Crippen LogP contribution in [0.1, 0.15) is 45.6 Å². The molecule has 1 aliphatic heterocycles. The van der Waals surface area contributed by atoms with Crippen LogP contribution in [0, 0.1) is 0 Å². The zero-order valence-corrected chi connectivity index (χ0v) is 16.0. The van der Waals surface area contributed by atoms with Crippen LogP contribution in [0.2, 0.25) is 0 Å². The molecule has 1 aliphatic rings. The van der Waals surface area contributed by atoms with E-state index in [2.05, 4.69) is 0 Å². The van der Waals surface area contributed by atoms with E-state index in [4.69, 9.17) is 19.3 Å². The maximum Gasteiger partial charge on any atom is 0.311 e. The molecule has 28 heavy (non-hydrogen) atoms. The molecule has 0 fully saturated rings. The third-order valence-corrected chi connectivity index (χ3v) is 4.53. The van der Waals surface area contributed by atoms with E-state index in [-0.39, 0.29) is 29.9 Å². The summed E-state index contributed by atoms with van der Waals surface area (Å²) >= 11 is 0. The number of carboxylic acid groups (broad SMARTS) is 1. The van der Waals surface area contributed by atoms with E-state index < -0.39 is 17.9 Å². The molecule has 1 heterocycles. The van der Waals surface area contributed by atoms with Gasteiger partial charge in [0.05, 0.1) is 12.8 Å². The van der Waals surface area contributed by atoms with Crippen molar-refractivity contribution in [3.8, 4) is 17.2 Å². The number of hydrogen-bond acceptors (Lipinski definition) is 6. The minimum atomic E-state index is -1.09. The van der Waals surface area contributed by atoms with Gasteiger partial charge in [-0.25, -0.2) is 0 Å². The van der Waals surface area contributed by atoms with Gasteiger partial charge in [0.1, 0.15) is 11.4 Å². The number of ether oxygens (including phenoxy) is 3. The van der Waals surface area contributed by atoms with E-state index in [0.717, 1.165) is 5.39 Å². The topological polar surface area (TPSA) is 99.1 Å². The van der Waals surface area contributed by atoms with Crippen molar-refractivity contribution in [3.05, 3.63) is 29.8 Å². The third-order valence-electron chi connectivity index (χ3n) is 4.53. The van der Waals surface area contributed by atoms with Crippen LogP contribution in [-0.4, -0.2) is 28.6 Å². The van der Waals surface area contributed by atoms with Gasteiger partial charge >= 0.3 is 17.9 Å². The van der Waals surface area contributed by atoms with Gasteiger partial charge in [-0.2, -0.15) is 0 Å². The van der Waals surface area contributed by atoms with Crippen molar-refractivity contribution in [2.45, 2.75) is 52.1 Å². The van der Waals surface area contributed by atoms with Gasteiger partial charge in [-0.3, -0.25) is 14.4 Å². The van der Waals surface area contributed by atoms with Crippen molar-refractivity contribution in [1.82, 2.24) is 0 Å². The SMILES string of the molecule is CC(=O)Oc1c2c(c3ccccc3c1OC(=O)CCC(=O)O)OC(C)(C)CC2. The number of fused-ring (bicyclic) bond motifs is 3. The maximum atomic E-state index is 12.2. The summed E-state index contributed by atoms with van der Waals surface area (Å²) in [4.78, 5) is 34.7. The molecular weight excluding hydrogens is 364 g/mol. The average Bonchev–Trinajstić information content (AvgIpc) is 2.61. The Morgan fingerprint density at radius 1 is 1.07 bits per heavy atom. The lowest BCUT2D eigenvalue weighted by Crippen LogP contribution is -2.33. The number of carbonyl (C=O) groups is 3. The smallest absolute Gasteiger partial charge is 0.311 e. The second kappa shape index (κ2) is 7.50. The molecule has 7 nitrogen and oxygen atoms in total. The Morgan fingerprint density at radius 2 is 1.75 bits per heavy atom. The molecule has 0 atom stereocenters. The summed E-state index contributed by atoms with van der Waals surface area (Å²) in [5, 5.41) is 10.1. The summed E-state index contributed by atoms with van der Waals surface area (Å²) < 4.78 is 17.1. The molecule has 0 unspecified atom stereocenters. The van der Waals surface area contributed by atoms with Crippen LogP contribution >= 0.6 is 0 Å². The molecule has 0 saturated heterocycles. The van der Waals surface area contributed by atoms with Crippen molar-refractivity contribution in [1.29, 1.82) is 0 Å². The van der Waals surface area contributed by atoms with E-state index in [1.807, 2.05) is 26.0 Å². The highest BCUT2D eigenvalue weighted by Crippen LogP contribution is 2.50. The quantitative estimate of drug-likeness (QED) is 0.619. The average molecular weight is 386 g/mol. The largest absolute Gasteiger partial charge is 0.487 e. The third kappa shape index (κ3) is 4.08. The van der Waals surface area contributed by atoms with Gasteiger partial charge < -0.3 is 19.3 Å². The van der Waals surface area contributed by atoms with Crippen molar-refractivity contribution in [3.63, 3.8) is 0 Å². The van der Waals surface area contributed by atoms with Crippen LogP contribution in [0.4, 0.5) is 0 Å². The van der Waals surface area contributed by atoms with Crippen molar-refractivity contribution in [2.75, 3.05) is 0 Å². The number of hydrogen-bond donors (Lipinski definition) is 1. The molecule has 0 bridgehead atoms. The fourth-order valence-electron chi connectivity index (χ4n) is 3.23. The van der Waals surface area contributed by atoms with Crippen LogP contribution in [0.25, 0.3) is 10.8 Å². The molecule has 3 rings (SSSR count). The van der Waals surface area contributed by atoms with Gasteiger partial charge in [0.15, 0.2) is 11.5 Å². The van der Waals surface area contributed by atoms with E-state index in [9.17, 15) is 14.4 Å². The number of carboxylic acids is 1. The Bertz CT molecular complexity index is 959. The molecule has 2 aromatic carbocycles. The van der Waals surface area contributed by atoms with Crippen molar-refractivity contribution >= 4 is 28.7 Å². The van der Waals surface area contributed by atoms with Gasteiger partial charge in [0.25, 0.3) is 0 Å². The van der Waals surface area contributed by atoms with Crippen LogP contribution < -0.4 is 14.2 Å². The van der Waals surface area contributed by atoms with Gasteiger partial charge in [0, 0.05) is 23.3 Å². The molecule has 0 saturated carbocycles. The molecule has 0 spiro atoms. The van der Waals surface area contributed by atoms with Gasteiger partial charge in [0.2, 0.25) is 0 Å². The highest BCUT2D eigenvalue weighted by molar-refractivity contribution is 5.99. The first-order valence-electron chi connectivity index (χ1n) is 9.05. The first kappa shape index (κ1) is 19.7. The van der Waals surface area contributed by atoms with Crippen LogP contribution in [-0.2, 0) is 20.8 Å². The summed E-state index contributed by atoms with van der Waals surface area (Å²) in [6.07, 6.45) is 0.639. The molecule has 2 aromatic rings. The first-order valence-corrected chi connectivity index (χ1v) is 9.05. The predicted molar refractivity (Wildman–Crippen MR) is 101 cm³/mol. The van der Waals surface area contributed by atoms with Crippen molar-refractivity contribution in [2.24, 2.45) is 0 Å². The highest BCUT2D eigenvalue weighted by Gasteiger charge is 2.33. The minimum absolute atomic E-state index is 0.114. The van der Waals surface area contributed by atoms with Crippen LogP contribution in [0.3, 0.4) is 0 Å². The Kier molecular flexibility index (Phi) is 5.27. The molecule has 0 amide bonds. The molecule has 0 radical (unpaired) electrons. The molecule has 0 aromatic heterocycles. The van der Waals surface area contributed by atoms with Crippen molar-refractivity contribution < 1.29 is 33.7 Å². The zero-order chi connectivity index (χ0) is 20.5. The lowest BCUT2D eigenvalue weighted by atomic mass is 9.91. The standard InChI is InChI=1S/C21H22O7/c1-12(22)26-20-15-10-11-21(2,3)28-18(15)13-6-4-5-7-14(13)19(20)27-17(25)9-8-16(23)24/h4-7H,8-11H2,1-3H3,(H,23,24). The summed E-state index contributed by atoms with van der Waals surface area (Å²) in [6, 6.07) is 7.21. The number of esters is 2. The first-order chi connectivity index (χ1) is 13.2. The summed E-state index contributed by atoms with van der Waals surface area (Å²) in [7, 11) is 0. The van der Waals surface area contributed by atoms with Crippen LogP contribution in [0.15, 0.2) is 24.3 Å². The molecule has 1 N–H and O–H groups in total. The highest BCUT2D eigenvalue weighted by atomic mass is 16.6.